The predicted molar refractivity (Wildman–Crippen MR) is 107 cm³/mol. The highest BCUT2D eigenvalue weighted by Gasteiger charge is 2.29. The number of aryl methyl sites for hydroxylation is 1. The molecule has 1 saturated heterocycles. The van der Waals surface area contributed by atoms with E-state index in [-0.39, 0.29) is 0 Å². The number of nitrogens with zero attached hydrogens (tertiary/aromatic N) is 1. The summed E-state index contributed by atoms with van der Waals surface area (Å²) in [5, 5.41) is 4.91. The average molecular weight is 426 g/mol. The summed E-state index contributed by atoms with van der Waals surface area (Å²) in [6.07, 6.45) is 6.37. The summed E-state index contributed by atoms with van der Waals surface area (Å²) in [7, 11) is 0. The van der Waals surface area contributed by atoms with Crippen molar-refractivity contribution in [2.75, 3.05) is 19.6 Å². The van der Waals surface area contributed by atoms with Gasteiger partial charge in [0.05, 0.1) is 22.1 Å². The second kappa shape index (κ2) is 6.95. The maximum Gasteiger partial charge on any atom is 0.0682 e. The van der Waals surface area contributed by atoms with Gasteiger partial charge < -0.3 is 5.32 Å². The van der Waals surface area contributed by atoms with Gasteiger partial charge in [0.25, 0.3) is 0 Å². The zero-order valence-corrected chi connectivity index (χ0v) is 16.4. The number of alkyl halides is 1. The molecule has 5 heteroatoms. The predicted octanol–water partition coefficient (Wildman–Crippen LogP) is 5.22. The summed E-state index contributed by atoms with van der Waals surface area (Å²) in [5.41, 5.74) is 7.65. The van der Waals surface area contributed by atoms with Crippen molar-refractivity contribution in [1.29, 1.82) is 0 Å². The third kappa shape index (κ3) is 3.12. The number of rotatable bonds is 0. The molecule has 0 amide bonds. The molecule has 1 aromatic carbocycles. The van der Waals surface area contributed by atoms with Crippen LogP contribution in [0.3, 0.4) is 0 Å². The molecule has 3 aliphatic rings. The van der Waals surface area contributed by atoms with Gasteiger partial charge in [-0.3, -0.25) is 4.99 Å². The lowest BCUT2D eigenvalue weighted by Gasteiger charge is -2.25. The minimum absolute atomic E-state index is 0.329. The highest BCUT2D eigenvalue weighted by atomic mass is 79.9. The van der Waals surface area contributed by atoms with E-state index in [1.54, 1.807) is 0 Å². The van der Waals surface area contributed by atoms with Gasteiger partial charge in [0, 0.05) is 16.2 Å². The quantitative estimate of drug-likeness (QED) is 0.566. The maximum absolute atomic E-state index is 6.68. The Bertz CT molecular complexity index is 772. The lowest BCUT2D eigenvalue weighted by molar-refractivity contribution is 0.612. The van der Waals surface area contributed by atoms with Gasteiger partial charge in [-0.25, -0.2) is 0 Å². The van der Waals surface area contributed by atoms with Crippen LogP contribution in [-0.2, 0) is 6.42 Å². The largest absolute Gasteiger partial charge is 0.316 e. The van der Waals surface area contributed by atoms with E-state index in [2.05, 4.69) is 33.4 Å². The van der Waals surface area contributed by atoms with Crippen molar-refractivity contribution in [3.05, 3.63) is 50.5 Å². The van der Waals surface area contributed by atoms with Crippen LogP contribution >= 0.6 is 39.1 Å². The first-order valence-corrected chi connectivity index (χ1v) is 10.1. The topological polar surface area (TPSA) is 24.4 Å². The van der Waals surface area contributed by atoms with Crippen LogP contribution < -0.4 is 5.32 Å². The minimum Gasteiger partial charge on any atom is -0.316 e. The third-order valence-corrected chi connectivity index (χ3v) is 6.03. The van der Waals surface area contributed by atoms with Gasteiger partial charge in [-0.15, -0.1) is 0 Å². The van der Waals surface area contributed by atoms with Gasteiger partial charge in [0.1, 0.15) is 0 Å². The third-order valence-electron chi connectivity index (χ3n) is 4.96. The molecule has 0 bridgehead atoms. The van der Waals surface area contributed by atoms with Gasteiger partial charge in [0.2, 0.25) is 0 Å². The molecule has 0 spiro atoms. The number of hydrogen-bond donors (Lipinski definition) is 1. The molecule has 1 fully saturated rings. The number of fused-ring (bicyclic) bond motifs is 2. The molecule has 4 rings (SSSR count). The van der Waals surface area contributed by atoms with Crippen LogP contribution in [0.4, 0.5) is 0 Å². The zero-order chi connectivity index (χ0) is 16.7. The van der Waals surface area contributed by atoms with Crippen LogP contribution in [-0.4, -0.2) is 30.2 Å². The number of piperidine rings is 1. The van der Waals surface area contributed by atoms with Gasteiger partial charge in [0.15, 0.2) is 0 Å². The number of benzene rings is 1. The van der Waals surface area contributed by atoms with Crippen molar-refractivity contribution in [3.63, 3.8) is 0 Å². The Labute approximate surface area is 161 Å². The van der Waals surface area contributed by atoms with E-state index in [1.165, 1.54) is 22.3 Å². The van der Waals surface area contributed by atoms with Crippen LogP contribution in [0.15, 0.2) is 34.3 Å². The summed E-state index contributed by atoms with van der Waals surface area (Å²) in [6, 6.07) is 3.95. The Balaban J connectivity index is 1.96. The zero-order valence-electron chi connectivity index (χ0n) is 13.3. The second-order valence-corrected chi connectivity index (χ2v) is 8.57. The van der Waals surface area contributed by atoms with Crippen LogP contribution in [0.1, 0.15) is 30.4 Å². The molecule has 1 aliphatic carbocycles. The van der Waals surface area contributed by atoms with Crippen molar-refractivity contribution >= 4 is 50.4 Å². The smallest absolute Gasteiger partial charge is 0.0682 e. The van der Waals surface area contributed by atoms with Gasteiger partial charge in [-0.1, -0.05) is 50.8 Å². The fourth-order valence-electron chi connectivity index (χ4n) is 3.89. The number of nitrogens with one attached hydrogen (secondary N) is 1. The molecule has 0 radical (unpaired) electrons. The van der Waals surface area contributed by atoms with E-state index in [9.17, 15) is 0 Å². The van der Waals surface area contributed by atoms with Crippen molar-refractivity contribution in [1.82, 2.24) is 5.32 Å². The van der Waals surface area contributed by atoms with Crippen molar-refractivity contribution in [3.8, 4) is 0 Å². The number of dihydropyridines is 1. The summed E-state index contributed by atoms with van der Waals surface area (Å²) in [6.45, 7) is 2.83. The molecule has 2 heterocycles. The number of allylic oxidation sites excluding steroid dienone is 2. The minimum atomic E-state index is 0.329. The summed E-state index contributed by atoms with van der Waals surface area (Å²) < 4.78 is 0. The van der Waals surface area contributed by atoms with Crippen molar-refractivity contribution < 1.29 is 0 Å². The lowest BCUT2D eigenvalue weighted by atomic mass is 9.87. The van der Waals surface area contributed by atoms with Gasteiger partial charge in [-0.2, -0.15) is 0 Å². The van der Waals surface area contributed by atoms with Crippen molar-refractivity contribution in [2.24, 2.45) is 4.99 Å². The standard InChI is InChI=1S/C19H19BrCl2N2/c20-14-7-13-2-1-12-8-15(21)9-16(22)17(12)18(19(13)24-10-14)11-3-5-23-6-4-11/h7-9,14,23H,1-6,10H2. The maximum atomic E-state index is 6.68. The Morgan fingerprint density at radius 3 is 2.67 bits per heavy atom. The molecule has 2 aliphatic heterocycles. The summed E-state index contributed by atoms with van der Waals surface area (Å²) in [5.74, 6) is 0. The highest BCUT2D eigenvalue weighted by Crippen LogP contribution is 2.41. The van der Waals surface area contributed by atoms with E-state index in [0.717, 1.165) is 61.6 Å². The first-order valence-electron chi connectivity index (χ1n) is 8.44. The lowest BCUT2D eigenvalue weighted by Crippen LogP contribution is -2.25. The molecule has 2 nitrogen and oxygen atoms in total. The Hall–Kier alpha value is -0.610. The van der Waals surface area contributed by atoms with E-state index in [4.69, 9.17) is 28.2 Å². The van der Waals surface area contributed by atoms with E-state index >= 15 is 0 Å². The average Bonchev–Trinajstić information content (AvgIpc) is 2.72. The molecular formula is C19H19BrCl2N2. The summed E-state index contributed by atoms with van der Waals surface area (Å²) in [4.78, 5) is 5.27. The Morgan fingerprint density at radius 1 is 1.08 bits per heavy atom. The SMILES string of the molecule is Clc1cc(Cl)c2c(c1)CCC1=CC(Br)CN=C1C2=C1CCNCC1. The Morgan fingerprint density at radius 2 is 1.88 bits per heavy atom. The molecule has 24 heavy (non-hydrogen) atoms. The van der Waals surface area contributed by atoms with Gasteiger partial charge in [-0.05, 0) is 62.0 Å². The number of hydrogen-bond acceptors (Lipinski definition) is 2. The molecule has 1 N–H and O–H groups in total. The fraction of sp³-hybridized carbons (Fsp3) is 0.421. The molecule has 1 atom stereocenters. The number of aliphatic imine (C=N–C) groups is 1. The molecular weight excluding hydrogens is 407 g/mol. The van der Waals surface area contributed by atoms with E-state index in [0.29, 0.717) is 9.85 Å². The second-order valence-electron chi connectivity index (χ2n) is 6.55. The Kier molecular flexibility index (Phi) is 4.88. The van der Waals surface area contributed by atoms with Crippen molar-refractivity contribution in [2.45, 2.75) is 30.5 Å². The first-order chi connectivity index (χ1) is 11.6. The van der Waals surface area contributed by atoms with Crippen LogP contribution in [0.25, 0.3) is 5.57 Å². The van der Waals surface area contributed by atoms with E-state index < -0.39 is 0 Å². The van der Waals surface area contributed by atoms with E-state index in [1.807, 2.05) is 6.07 Å². The van der Waals surface area contributed by atoms with Gasteiger partial charge >= 0.3 is 0 Å². The van der Waals surface area contributed by atoms with Crippen LogP contribution in [0.5, 0.6) is 0 Å². The highest BCUT2D eigenvalue weighted by molar-refractivity contribution is 9.09. The molecule has 0 aromatic heterocycles. The fourth-order valence-corrected chi connectivity index (χ4v) is 4.98. The molecule has 1 unspecified atom stereocenters. The normalized spacial score (nSPS) is 23.9. The van der Waals surface area contributed by atoms with Crippen LogP contribution in [0.2, 0.25) is 10.0 Å². The molecule has 1 aromatic rings. The van der Waals surface area contributed by atoms with Crippen LogP contribution in [0, 0.1) is 0 Å². The monoisotopic (exact) mass is 424 g/mol. The number of halogens is 3. The molecule has 0 saturated carbocycles. The molecule has 126 valence electrons. The first kappa shape index (κ1) is 16.8. The summed E-state index contributed by atoms with van der Waals surface area (Å²) >= 11 is 16.7.